The Balaban J connectivity index is 2.18. The third-order valence-electron chi connectivity index (χ3n) is 3.29. The van der Waals surface area contributed by atoms with Gasteiger partial charge in [-0.05, 0) is 12.1 Å². The van der Waals surface area contributed by atoms with E-state index < -0.39 is 23.8 Å². The molecule has 1 unspecified atom stereocenters. The van der Waals surface area contributed by atoms with Crippen LogP contribution in [0.3, 0.4) is 0 Å². The summed E-state index contributed by atoms with van der Waals surface area (Å²) < 4.78 is 49.0. The Bertz CT molecular complexity index is 666. The zero-order chi connectivity index (χ0) is 15.4. The minimum Gasteiger partial charge on any atom is -0.491 e. The highest BCUT2D eigenvalue weighted by Crippen LogP contribution is 2.46. The van der Waals surface area contributed by atoms with Gasteiger partial charge in [0.15, 0.2) is 0 Å². The summed E-state index contributed by atoms with van der Waals surface area (Å²) in [5, 5.41) is 9.03. The van der Waals surface area contributed by atoms with Gasteiger partial charge in [0.1, 0.15) is 11.5 Å². The van der Waals surface area contributed by atoms with E-state index in [9.17, 15) is 18.0 Å². The molecule has 21 heavy (non-hydrogen) atoms. The van der Waals surface area contributed by atoms with Gasteiger partial charge in [0.25, 0.3) is 0 Å². The van der Waals surface area contributed by atoms with Gasteiger partial charge in [-0.3, -0.25) is 0 Å². The largest absolute Gasteiger partial charge is 0.491 e. The average molecular weight is 321 g/mol. The zero-order valence-electron chi connectivity index (χ0n) is 10.3. The van der Waals surface area contributed by atoms with Gasteiger partial charge in [-0.25, -0.2) is 4.79 Å². The van der Waals surface area contributed by atoms with Crippen molar-refractivity contribution in [2.24, 2.45) is 0 Å². The summed E-state index contributed by atoms with van der Waals surface area (Å²) in [5.74, 6) is -1.43. The van der Waals surface area contributed by atoms with Gasteiger partial charge in [-0.15, -0.1) is 0 Å². The van der Waals surface area contributed by atoms with E-state index in [1.807, 2.05) is 0 Å². The van der Waals surface area contributed by atoms with Crippen LogP contribution in [0.15, 0.2) is 11.6 Å². The first-order chi connectivity index (χ1) is 9.79. The molecule has 0 saturated heterocycles. The number of aliphatic carboxylic acids is 1. The predicted octanol–water partition coefficient (Wildman–Crippen LogP) is 3.07. The van der Waals surface area contributed by atoms with Crippen molar-refractivity contribution < 1.29 is 32.5 Å². The molecule has 112 valence electrons. The molecule has 2 aliphatic heterocycles. The third kappa shape index (κ3) is 2.21. The Kier molecular flexibility index (Phi) is 3.05. The number of carboxylic acids is 1. The summed E-state index contributed by atoms with van der Waals surface area (Å²) in [4.78, 5) is 11.0. The molecule has 1 N–H and O–H groups in total. The van der Waals surface area contributed by atoms with Crippen molar-refractivity contribution in [3.05, 3.63) is 27.8 Å². The van der Waals surface area contributed by atoms with Crippen molar-refractivity contribution in [2.45, 2.75) is 18.7 Å². The van der Waals surface area contributed by atoms with Crippen LogP contribution in [0, 0.1) is 0 Å². The maximum absolute atomic E-state index is 12.9. The summed E-state index contributed by atoms with van der Waals surface area (Å²) in [6.07, 6.45) is -5.94. The summed E-state index contributed by atoms with van der Waals surface area (Å²) in [6, 6.07) is 1.41. The number of rotatable bonds is 1. The topological polar surface area (TPSA) is 55.8 Å². The monoisotopic (exact) mass is 320 g/mol. The summed E-state index contributed by atoms with van der Waals surface area (Å²) in [7, 11) is 0. The number of ether oxygens (including phenoxy) is 2. The van der Waals surface area contributed by atoms with Crippen molar-refractivity contribution in [2.75, 3.05) is 6.61 Å². The fourth-order valence-electron chi connectivity index (χ4n) is 2.35. The lowest BCUT2D eigenvalue weighted by atomic mass is 9.99. The number of carbonyl (C=O) groups is 1. The molecule has 0 aliphatic carbocycles. The lowest BCUT2D eigenvalue weighted by Crippen LogP contribution is -2.40. The van der Waals surface area contributed by atoms with Crippen LogP contribution < -0.4 is 9.47 Å². The number of hydrogen-bond donors (Lipinski definition) is 1. The van der Waals surface area contributed by atoms with Crippen molar-refractivity contribution in [3.8, 4) is 11.5 Å². The maximum atomic E-state index is 12.9. The molecule has 0 bridgehead atoms. The standard InChI is InChI=1S/C13H8ClF3O4/c14-9-6-4-7(12(18)19)11(13(15,16)17)21-8(6)3-5-1-2-20-10(5)9/h3-4,11H,1-2H2,(H,18,19). The summed E-state index contributed by atoms with van der Waals surface area (Å²) in [5.41, 5.74) is -0.170. The fourth-order valence-corrected chi connectivity index (χ4v) is 2.67. The van der Waals surface area contributed by atoms with Crippen molar-refractivity contribution in [1.82, 2.24) is 0 Å². The molecule has 3 rings (SSSR count). The van der Waals surface area contributed by atoms with E-state index in [1.165, 1.54) is 6.07 Å². The minimum atomic E-state index is -4.83. The lowest BCUT2D eigenvalue weighted by molar-refractivity contribution is -0.187. The third-order valence-corrected chi connectivity index (χ3v) is 3.66. The zero-order valence-corrected chi connectivity index (χ0v) is 11.1. The van der Waals surface area contributed by atoms with Crippen molar-refractivity contribution >= 4 is 23.6 Å². The van der Waals surface area contributed by atoms with Crippen LogP contribution in [0.25, 0.3) is 6.08 Å². The van der Waals surface area contributed by atoms with Crippen LogP contribution in [0.4, 0.5) is 13.2 Å². The van der Waals surface area contributed by atoms with E-state index >= 15 is 0 Å². The predicted molar refractivity (Wildman–Crippen MR) is 66.7 cm³/mol. The molecule has 1 aromatic carbocycles. The molecule has 8 heteroatoms. The first kappa shape index (κ1) is 14.1. The highest BCUT2D eigenvalue weighted by atomic mass is 35.5. The molecular weight excluding hydrogens is 313 g/mol. The quantitative estimate of drug-likeness (QED) is 0.864. The summed E-state index contributed by atoms with van der Waals surface area (Å²) in [6.45, 7) is 0.371. The van der Waals surface area contributed by atoms with Gasteiger partial charge < -0.3 is 14.6 Å². The van der Waals surface area contributed by atoms with E-state index in [-0.39, 0.29) is 16.3 Å². The van der Waals surface area contributed by atoms with Gasteiger partial charge in [0, 0.05) is 17.5 Å². The van der Waals surface area contributed by atoms with Crippen molar-refractivity contribution in [1.29, 1.82) is 0 Å². The lowest BCUT2D eigenvalue weighted by Gasteiger charge is -2.27. The Hall–Kier alpha value is -1.89. The molecule has 1 aromatic rings. The molecule has 2 aliphatic rings. The Morgan fingerprint density at radius 2 is 2.14 bits per heavy atom. The van der Waals surface area contributed by atoms with Gasteiger partial charge in [0.05, 0.1) is 17.2 Å². The Labute approximate surface area is 121 Å². The smallest absolute Gasteiger partial charge is 0.430 e. The molecular formula is C13H8ClF3O4. The van der Waals surface area contributed by atoms with Crippen molar-refractivity contribution in [3.63, 3.8) is 0 Å². The van der Waals surface area contributed by atoms with Crippen LogP contribution in [0.5, 0.6) is 11.5 Å². The number of carboxylic acid groups (broad SMARTS) is 1. The fraction of sp³-hybridized carbons (Fsp3) is 0.308. The molecule has 0 amide bonds. The van der Waals surface area contributed by atoms with E-state index in [4.69, 9.17) is 26.2 Å². The van der Waals surface area contributed by atoms with Crippen LogP contribution >= 0.6 is 11.6 Å². The minimum absolute atomic E-state index is 0.0689. The second-order valence-corrected chi connectivity index (χ2v) is 5.01. The Morgan fingerprint density at radius 3 is 2.76 bits per heavy atom. The molecule has 0 spiro atoms. The van der Waals surface area contributed by atoms with Gasteiger partial charge in [-0.2, -0.15) is 13.2 Å². The van der Waals surface area contributed by atoms with E-state index in [1.54, 1.807) is 0 Å². The molecule has 0 aromatic heterocycles. The normalized spacial score (nSPS) is 20.0. The number of fused-ring (bicyclic) bond motifs is 2. The molecule has 4 nitrogen and oxygen atoms in total. The van der Waals surface area contributed by atoms with E-state index in [2.05, 4.69) is 0 Å². The summed E-state index contributed by atoms with van der Waals surface area (Å²) >= 11 is 6.08. The molecule has 1 atom stereocenters. The molecule has 2 heterocycles. The van der Waals surface area contributed by atoms with Gasteiger partial charge in [0.2, 0.25) is 6.10 Å². The highest BCUT2D eigenvalue weighted by molar-refractivity contribution is 6.34. The first-order valence-electron chi connectivity index (χ1n) is 5.95. The van der Waals surface area contributed by atoms with Gasteiger partial charge >= 0.3 is 12.1 Å². The molecule has 0 radical (unpaired) electrons. The second kappa shape index (κ2) is 4.56. The molecule has 0 fully saturated rings. The van der Waals surface area contributed by atoms with E-state index in [0.717, 1.165) is 6.08 Å². The second-order valence-electron chi connectivity index (χ2n) is 4.63. The van der Waals surface area contributed by atoms with E-state index in [0.29, 0.717) is 24.3 Å². The number of halogens is 4. The van der Waals surface area contributed by atoms with Crippen LogP contribution in [-0.2, 0) is 11.2 Å². The number of benzene rings is 1. The first-order valence-corrected chi connectivity index (χ1v) is 6.33. The number of alkyl halides is 3. The molecule has 0 saturated carbocycles. The maximum Gasteiger partial charge on any atom is 0.430 e. The van der Waals surface area contributed by atoms with Crippen LogP contribution in [-0.4, -0.2) is 30.0 Å². The SMILES string of the molecule is O=C(O)C1=Cc2c(cc3c(c2Cl)OCC3)OC1C(F)(F)F. The Morgan fingerprint density at radius 1 is 1.43 bits per heavy atom. The van der Waals surface area contributed by atoms with Gasteiger partial charge in [-0.1, -0.05) is 11.6 Å². The number of hydrogen-bond acceptors (Lipinski definition) is 3. The van der Waals surface area contributed by atoms with Crippen LogP contribution in [0.2, 0.25) is 5.02 Å². The average Bonchev–Trinajstić information content (AvgIpc) is 2.85. The van der Waals surface area contributed by atoms with Crippen LogP contribution in [0.1, 0.15) is 11.1 Å². The highest BCUT2D eigenvalue weighted by Gasteiger charge is 2.49.